The largest absolute Gasteiger partial charge is 0.433 e. The molecule has 0 fully saturated rings. The van der Waals surface area contributed by atoms with Crippen LogP contribution in [0.15, 0.2) is 67.0 Å². The number of nitriles is 1. The molecular weight excluding hydrogens is 532 g/mol. The average Bonchev–Trinajstić information content (AvgIpc) is 2.87. The summed E-state index contributed by atoms with van der Waals surface area (Å²) >= 11 is 0. The summed E-state index contributed by atoms with van der Waals surface area (Å²) in [5.74, 6) is -1.45. The maximum Gasteiger partial charge on any atom is 0.433 e. The van der Waals surface area contributed by atoms with Crippen molar-refractivity contribution in [1.29, 1.82) is 5.26 Å². The third kappa shape index (κ3) is 6.74. The molecule has 4 rings (SSSR count). The Labute approximate surface area is 216 Å². The van der Waals surface area contributed by atoms with Gasteiger partial charge < -0.3 is 5.32 Å². The molecule has 12 heteroatoms. The van der Waals surface area contributed by atoms with Crippen LogP contribution in [-0.2, 0) is 25.4 Å². The molecule has 0 aliphatic heterocycles. The Balaban J connectivity index is 1.57. The molecule has 39 heavy (non-hydrogen) atoms. The summed E-state index contributed by atoms with van der Waals surface area (Å²) in [4.78, 5) is 6.86. The van der Waals surface area contributed by atoms with Crippen molar-refractivity contribution in [2.45, 2.75) is 25.4 Å². The number of rotatable bonds is 6. The number of hydrogen-bond acceptors (Lipinski definition) is 4. The number of nitrogens with zero attached hydrogens (tertiary/aromatic N) is 3. The van der Waals surface area contributed by atoms with Crippen molar-refractivity contribution in [3.63, 3.8) is 0 Å². The Kier molecular flexibility index (Phi) is 7.65. The summed E-state index contributed by atoms with van der Waals surface area (Å²) in [7, 11) is 0. The molecule has 0 bridgehead atoms. The molecule has 200 valence electrons. The van der Waals surface area contributed by atoms with E-state index in [0.717, 1.165) is 48.8 Å². The maximum atomic E-state index is 14.2. The number of hydrogen-bond donors (Lipinski definition) is 1. The van der Waals surface area contributed by atoms with E-state index in [2.05, 4.69) is 15.3 Å². The SMILES string of the molecule is N#Cc1cc(F)cc(-c2cnc(C(F)(F)F)c(CNCc3cc(F)cc(-c4ccc(C(F)(F)F)nc4)c3)c2)c1. The second kappa shape index (κ2) is 10.8. The van der Waals surface area contributed by atoms with E-state index in [0.29, 0.717) is 5.56 Å². The van der Waals surface area contributed by atoms with Gasteiger partial charge in [-0.05, 0) is 70.8 Å². The first kappa shape index (κ1) is 27.7. The summed E-state index contributed by atoms with van der Waals surface area (Å²) < 4.78 is 107. The molecule has 0 unspecified atom stereocenters. The van der Waals surface area contributed by atoms with Gasteiger partial charge in [-0.15, -0.1) is 0 Å². The molecule has 4 aromatic rings. The molecule has 1 N–H and O–H groups in total. The predicted octanol–water partition coefficient (Wildman–Crippen LogP) is 7.29. The van der Waals surface area contributed by atoms with Crippen molar-refractivity contribution < 1.29 is 35.1 Å². The third-order valence-corrected chi connectivity index (χ3v) is 5.58. The molecule has 0 saturated carbocycles. The highest BCUT2D eigenvalue weighted by Crippen LogP contribution is 2.33. The van der Waals surface area contributed by atoms with Gasteiger partial charge in [0.25, 0.3) is 0 Å². The van der Waals surface area contributed by atoms with Gasteiger partial charge in [0.1, 0.15) is 23.0 Å². The van der Waals surface area contributed by atoms with Crippen LogP contribution in [-0.4, -0.2) is 9.97 Å². The second-order valence-corrected chi connectivity index (χ2v) is 8.45. The minimum Gasteiger partial charge on any atom is -0.309 e. The van der Waals surface area contributed by atoms with E-state index in [-0.39, 0.29) is 46.5 Å². The van der Waals surface area contributed by atoms with Crippen LogP contribution in [0.3, 0.4) is 0 Å². The van der Waals surface area contributed by atoms with Crippen LogP contribution in [0.25, 0.3) is 22.3 Å². The number of benzene rings is 2. The second-order valence-electron chi connectivity index (χ2n) is 8.45. The molecule has 0 spiro atoms. The van der Waals surface area contributed by atoms with E-state index in [1.165, 1.54) is 18.2 Å². The van der Waals surface area contributed by atoms with E-state index >= 15 is 0 Å². The molecule has 0 aliphatic rings. The Morgan fingerprint density at radius 2 is 1.36 bits per heavy atom. The highest BCUT2D eigenvalue weighted by molar-refractivity contribution is 5.66. The molecule has 0 aliphatic carbocycles. The smallest absolute Gasteiger partial charge is 0.309 e. The van der Waals surface area contributed by atoms with Gasteiger partial charge in [0, 0.05) is 36.6 Å². The molecule has 0 saturated heterocycles. The van der Waals surface area contributed by atoms with Gasteiger partial charge in [-0.3, -0.25) is 9.97 Å². The lowest BCUT2D eigenvalue weighted by molar-refractivity contribution is -0.142. The van der Waals surface area contributed by atoms with E-state index in [1.54, 1.807) is 6.07 Å². The predicted molar refractivity (Wildman–Crippen MR) is 125 cm³/mol. The Morgan fingerprint density at radius 1 is 0.692 bits per heavy atom. The first-order chi connectivity index (χ1) is 18.3. The first-order valence-electron chi connectivity index (χ1n) is 11.1. The fourth-order valence-corrected chi connectivity index (χ4v) is 3.87. The highest BCUT2D eigenvalue weighted by Gasteiger charge is 2.35. The van der Waals surface area contributed by atoms with Crippen molar-refractivity contribution in [2.24, 2.45) is 0 Å². The molecule has 2 aromatic carbocycles. The molecule has 0 atom stereocenters. The molecule has 0 radical (unpaired) electrons. The highest BCUT2D eigenvalue weighted by atomic mass is 19.4. The zero-order valence-electron chi connectivity index (χ0n) is 19.6. The molecular formula is C27H16F8N4. The Hall–Kier alpha value is -4.37. The average molecular weight is 548 g/mol. The zero-order valence-corrected chi connectivity index (χ0v) is 19.6. The lowest BCUT2D eigenvalue weighted by Gasteiger charge is -2.15. The number of alkyl halides is 6. The fraction of sp³-hybridized carbons (Fsp3) is 0.148. The normalized spacial score (nSPS) is 11.9. The number of pyridine rings is 2. The first-order valence-corrected chi connectivity index (χ1v) is 11.1. The van der Waals surface area contributed by atoms with Gasteiger partial charge >= 0.3 is 12.4 Å². The topological polar surface area (TPSA) is 61.6 Å². The lowest BCUT2D eigenvalue weighted by atomic mass is 10.0. The number of nitrogens with one attached hydrogen (secondary N) is 1. The van der Waals surface area contributed by atoms with Crippen LogP contribution in [0, 0.1) is 23.0 Å². The minimum absolute atomic E-state index is 0.0188. The summed E-state index contributed by atoms with van der Waals surface area (Å²) in [6, 6.07) is 11.9. The van der Waals surface area contributed by atoms with Crippen LogP contribution in [0.4, 0.5) is 35.1 Å². The summed E-state index contributed by atoms with van der Waals surface area (Å²) in [6.45, 7) is -0.456. The summed E-state index contributed by atoms with van der Waals surface area (Å²) in [5.41, 5.74) is -1.51. The standard InChI is InChI=1S/C27H16F8N4/c28-22-5-15(10-36)3-19(9-22)20-7-21(25(39-14-20)27(33,34)35)12-37-11-16-4-18(8-23(29)6-16)17-1-2-24(38-13-17)26(30,31)32/h1-9,13-14,37H,11-12H2. The van der Waals surface area contributed by atoms with Crippen molar-refractivity contribution in [2.75, 3.05) is 0 Å². The van der Waals surface area contributed by atoms with Crippen LogP contribution in [0.1, 0.15) is 28.1 Å². The van der Waals surface area contributed by atoms with Gasteiger partial charge in [-0.2, -0.15) is 31.6 Å². The van der Waals surface area contributed by atoms with Crippen molar-refractivity contribution >= 4 is 0 Å². The number of halogens is 8. The lowest BCUT2D eigenvalue weighted by Crippen LogP contribution is -2.19. The van der Waals surface area contributed by atoms with Crippen molar-refractivity contribution in [3.8, 4) is 28.3 Å². The van der Waals surface area contributed by atoms with Crippen molar-refractivity contribution in [1.82, 2.24) is 15.3 Å². The van der Waals surface area contributed by atoms with Crippen LogP contribution < -0.4 is 5.32 Å². The minimum atomic E-state index is -4.79. The summed E-state index contributed by atoms with van der Waals surface area (Å²) in [5, 5.41) is 11.8. The van der Waals surface area contributed by atoms with Gasteiger partial charge in [0.15, 0.2) is 0 Å². The third-order valence-electron chi connectivity index (χ3n) is 5.58. The quantitative estimate of drug-likeness (QED) is 0.257. The van der Waals surface area contributed by atoms with E-state index in [1.807, 2.05) is 0 Å². The van der Waals surface area contributed by atoms with Crippen LogP contribution in [0.2, 0.25) is 0 Å². The molecule has 0 amide bonds. The Bertz CT molecular complexity index is 1540. The molecule has 2 aromatic heterocycles. The van der Waals surface area contributed by atoms with E-state index in [9.17, 15) is 35.1 Å². The van der Waals surface area contributed by atoms with E-state index < -0.39 is 35.4 Å². The number of aromatic nitrogens is 2. The van der Waals surface area contributed by atoms with Gasteiger partial charge in [0.2, 0.25) is 0 Å². The van der Waals surface area contributed by atoms with Crippen LogP contribution in [0.5, 0.6) is 0 Å². The van der Waals surface area contributed by atoms with Gasteiger partial charge in [-0.25, -0.2) is 8.78 Å². The monoisotopic (exact) mass is 548 g/mol. The van der Waals surface area contributed by atoms with Crippen molar-refractivity contribution in [3.05, 3.63) is 107 Å². The maximum absolute atomic E-state index is 14.2. The van der Waals surface area contributed by atoms with E-state index in [4.69, 9.17) is 5.26 Å². The fourth-order valence-electron chi connectivity index (χ4n) is 3.87. The van der Waals surface area contributed by atoms with Gasteiger partial charge in [-0.1, -0.05) is 6.07 Å². The Morgan fingerprint density at radius 3 is 1.97 bits per heavy atom. The summed E-state index contributed by atoms with van der Waals surface area (Å²) in [6.07, 6.45) is -7.55. The zero-order chi connectivity index (χ0) is 28.4. The van der Waals surface area contributed by atoms with Gasteiger partial charge in [0.05, 0.1) is 11.6 Å². The van der Waals surface area contributed by atoms with Crippen LogP contribution >= 0.6 is 0 Å². The molecule has 4 nitrogen and oxygen atoms in total. The molecule has 2 heterocycles.